The Morgan fingerprint density at radius 3 is 2.42 bits per heavy atom. The fraction of sp³-hybridized carbons (Fsp3) is 0.480. The minimum atomic E-state index is -3.46. The van der Waals surface area contributed by atoms with Crippen LogP contribution in [0, 0.1) is 5.41 Å². The molecule has 1 amide bonds. The number of carbonyl (C=O) groups excluding carboxylic acids is 1. The van der Waals surface area contributed by atoms with Crippen LogP contribution in [0.3, 0.4) is 0 Å². The van der Waals surface area contributed by atoms with E-state index in [1.165, 1.54) is 0 Å². The van der Waals surface area contributed by atoms with Crippen LogP contribution in [0.4, 0.5) is 0 Å². The molecule has 3 aliphatic rings. The van der Waals surface area contributed by atoms with Gasteiger partial charge in [0, 0.05) is 18.7 Å². The Hall–Kier alpha value is -2.18. The van der Waals surface area contributed by atoms with Crippen LogP contribution in [0.15, 0.2) is 59.0 Å². The lowest BCUT2D eigenvalue weighted by molar-refractivity contribution is -0.138. The van der Waals surface area contributed by atoms with E-state index in [1.54, 1.807) is 12.1 Å². The molecule has 0 aromatic heterocycles. The van der Waals surface area contributed by atoms with Gasteiger partial charge < -0.3 is 10.2 Å². The number of piperidine rings is 1. The molecule has 1 saturated heterocycles. The first-order valence-electron chi connectivity index (χ1n) is 11.2. The Bertz CT molecular complexity index is 1070. The molecule has 1 fully saturated rings. The third-order valence-corrected chi connectivity index (χ3v) is 9.62. The van der Waals surface area contributed by atoms with Crippen molar-refractivity contribution in [3.05, 3.63) is 59.7 Å². The Morgan fingerprint density at radius 2 is 1.81 bits per heavy atom. The van der Waals surface area contributed by atoms with Gasteiger partial charge in [0.15, 0.2) is 9.84 Å². The van der Waals surface area contributed by atoms with Crippen molar-refractivity contribution >= 4 is 21.3 Å². The van der Waals surface area contributed by atoms with Gasteiger partial charge in [0.2, 0.25) is 5.91 Å². The van der Waals surface area contributed by atoms with Crippen molar-refractivity contribution in [3.63, 3.8) is 0 Å². The van der Waals surface area contributed by atoms with Crippen LogP contribution >= 0.6 is 0 Å². The molecule has 1 spiro atoms. The highest BCUT2D eigenvalue weighted by molar-refractivity contribution is 7.93. The highest BCUT2D eigenvalue weighted by atomic mass is 32.2. The lowest BCUT2D eigenvalue weighted by Crippen LogP contribution is -2.48. The number of carbonyl (C=O) groups is 1. The van der Waals surface area contributed by atoms with E-state index in [2.05, 4.69) is 11.4 Å². The predicted molar refractivity (Wildman–Crippen MR) is 124 cm³/mol. The number of hydrogen-bond donors (Lipinski definition) is 1. The number of sulfone groups is 1. The zero-order chi connectivity index (χ0) is 22.3. The number of nitrogens with one attached hydrogen (secondary N) is 1. The molecule has 6 heteroatoms. The molecule has 1 aromatic carbocycles. The first kappa shape index (κ1) is 22.0. The van der Waals surface area contributed by atoms with Crippen LogP contribution in [-0.4, -0.2) is 50.2 Å². The molecule has 166 valence electrons. The van der Waals surface area contributed by atoms with Gasteiger partial charge in [-0.3, -0.25) is 4.79 Å². The van der Waals surface area contributed by atoms with Gasteiger partial charge in [0.25, 0.3) is 0 Å². The van der Waals surface area contributed by atoms with Crippen molar-refractivity contribution in [2.75, 3.05) is 26.2 Å². The average molecular weight is 441 g/mol. The molecular formula is C25H32N2O3S. The van der Waals surface area contributed by atoms with E-state index in [-0.39, 0.29) is 5.91 Å². The summed E-state index contributed by atoms with van der Waals surface area (Å²) in [5, 5.41) is 3.29. The summed E-state index contributed by atoms with van der Waals surface area (Å²) in [4.78, 5) is 15.3. The van der Waals surface area contributed by atoms with E-state index in [1.807, 2.05) is 56.0 Å². The van der Waals surface area contributed by atoms with Gasteiger partial charge in [-0.15, -0.1) is 0 Å². The molecule has 1 atom stereocenters. The van der Waals surface area contributed by atoms with Gasteiger partial charge in [-0.05, 0) is 70.3 Å². The lowest BCUT2D eigenvalue weighted by atomic mass is 9.78. The number of amides is 1. The first-order chi connectivity index (χ1) is 14.8. The molecule has 1 aromatic rings. The zero-order valence-corrected chi connectivity index (χ0v) is 19.5. The normalized spacial score (nSPS) is 26.0. The molecule has 4 rings (SSSR count). The van der Waals surface area contributed by atoms with E-state index in [0.717, 1.165) is 16.7 Å². The summed E-state index contributed by atoms with van der Waals surface area (Å²) in [5.74, 6) is 0.138. The summed E-state index contributed by atoms with van der Waals surface area (Å²) in [7, 11) is -3.46. The molecule has 0 radical (unpaired) electrons. The maximum Gasteiger partial charge on any atom is 0.232 e. The average Bonchev–Trinajstić information content (AvgIpc) is 2.79. The molecule has 31 heavy (non-hydrogen) atoms. The molecule has 5 nitrogen and oxygen atoms in total. The number of rotatable bonds is 4. The van der Waals surface area contributed by atoms with E-state index in [9.17, 15) is 13.2 Å². The monoisotopic (exact) mass is 440 g/mol. The summed E-state index contributed by atoms with van der Waals surface area (Å²) < 4.78 is 26.3. The van der Waals surface area contributed by atoms with E-state index in [4.69, 9.17) is 0 Å². The van der Waals surface area contributed by atoms with Crippen LogP contribution in [-0.2, 0) is 14.6 Å². The molecule has 1 N–H and O–H groups in total. The van der Waals surface area contributed by atoms with E-state index < -0.39 is 20.0 Å². The van der Waals surface area contributed by atoms with Crippen LogP contribution in [0.2, 0.25) is 0 Å². The predicted octanol–water partition coefficient (Wildman–Crippen LogP) is 3.74. The maximum absolute atomic E-state index is 13.6. The summed E-state index contributed by atoms with van der Waals surface area (Å²) in [6.45, 7) is 8.76. The van der Waals surface area contributed by atoms with Crippen molar-refractivity contribution in [1.29, 1.82) is 0 Å². The Morgan fingerprint density at radius 1 is 1.13 bits per heavy atom. The summed E-state index contributed by atoms with van der Waals surface area (Å²) in [6.07, 6.45) is 9.87. The second kappa shape index (κ2) is 8.06. The molecular weight excluding hydrogens is 408 g/mol. The van der Waals surface area contributed by atoms with Crippen molar-refractivity contribution in [3.8, 4) is 0 Å². The second-order valence-electron chi connectivity index (χ2n) is 8.96. The lowest BCUT2D eigenvalue weighted by Gasteiger charge is -2.39. The fourth-order valence-corrected chi connectivity index (χ4v) is 7.20. The molecule has 2 aliphatic heterocycles. The topological polar surface area (TPSA) is 66.5 Å². The van der Waals surface area contributed by atoms with Crippen LogP contribution in [0.5, 0.6) is 0 Å². The minimum absolute atomic E-state index is 0.138. The largest absolute Gasteiger partial charge is 0.343 e. The van der Waals surface area contributed by atoms with Crippen LogP contribution in [0.25, 0.3) is 5.57 Å². The number of nitrogens with zero attached hydrogens (tertiary/aromatic N) is 1. The minimum Gasteiger partial charge on any atom is -0.343 e. The van der Waals surface area contributed by atoms with Gasteiger partial charge in [-0.2, -0.15) is 0 Å². The molecule has 1 unspecified atom stereocenters. The number of fused-ring (bicyclic) bond motifs is 1. The third kappa shape index (κ3) is 3.50. The smallest absolute Gasteiger partial charge is 0.232 e. The molecule has 0 saturated carbocycles. The summed E-state index contributed by atoms with van der Waals surface area (Å²) in [5.41, 5.74) is 2.18. The van der Waals surface area contributed by atoms with Crippen LogP contribution in [0.1, 0.15) is 45.6 Å². The number of allylic oxidation sites excluding steroid dienone is 4. The molecule has 2 heterocycles. The van der Waals surface area contributed by atoms with Gasteiger partial charge in [0.05, 0.1) is 15.1 Å². The van der Waals surface area contributed by atoms with E-state index >= 15 is 0 Å². The number of hydrogen-bond acceptors (Lipinski definition) is 4. The highest BCUT2D eigenvalue weighted by Gasteiger charge is 2.48. The van der Waals surface area contributed by atoms with Gasteiger partial charge in [-0.25, -0.2) is 8.42 Å². The standard InChI is InChI=1S/C25H32N2O3S/c1-4-27(5-2)23(28)24(3)12-10-19(11-13-24)21-18-25(14-16-26-17-15-25)31(29,30)22-9-7-6-8-20(21)22/h6-12,18,26H,4-5,13-17H2,1-3H3. The Labute approximate surface area is 185 Å². The quantitative estimate of drug-likeness (QED) is 0.775. The summed E-state index contributed by atoms with van der Waals surface area (Å²) >= 11 is 0. The highest BCUT2D eigenvalue weighted by Crippen LogP contribution is 2.47. The Kier molecular flexibility index (Phi) is 5.73. The number of benzene rings is 1. The van der Waals surface area contributed by atoms with Gasteiger partial charge in [-0.1, -0.05) is 42.5 Å². The first-order valence-corrected chi connectivity index (χ1v) is 12.7. The van der Waals surface area contributed by atoms with Crippen molar-refractivity contribution < 1.29 is 13.2 Å². The SMILES string of the molecule is CCN(CC)C(=O)C1(C)C=CC(C2=CC3(CCNCC3)S(=O)(=O)c3ccccc32)=CC1. The van der Waals surface area contributed by atoms with Crippen molar-refractivity contribution in [2.45, 2.75) is 49.7 Å². The molecule has 1 aliphatic carbocycles. The zero-order valence-electron chi connectivity index (χ0n) is 18.6. The Balaban J connectivity index is 1.75. The van der Waals surface area contributed by atoms with Gasteiger partial charge in [0.1, 0.15) is 0 Å². The molecule has 0 bridgehead atoms. The van der Waals surface area contributed by atoms with Crippen molar-refractivity contribution in [2.24, 2.45) is 5.41 Å². The van der Waals surface area contributed by atoms with Crippen LogP contribution < -0.4 is 5.32 Å². The maximum atomic E-state index is 13.6. The van der Waals surface area contributed by atoms with Crippen molar-refractivity contribution in [1.82, 2.24) is 10.2 Å². The fourth-order valence-electron chi connectivity index (χ4n) is 5.02. The third-order valence-electron chi connectivity index (χ3n) is 7.09. The summed E-state index contributed by atoms with van der Waals surface area (Å²) in [6, 6.07) is 7.33. The van der Waals surface area contributed by atoms with E-state index in [0.29, 0.717) is 50.3 Å². The van der Waals surface area contributed by atoms with Gasteiger partial charge >= 0.3 is 0 Å². The second-order valence-corrected chi connectivity index (χ2v) is 11.2.